The molecule has 4 nitrogen and oxygen atoms in total. The number of rotatable bonds is 4. The highest BCUT2D eigenvalue weighted by molar-refractivity contribution is 7.19. The third-order valence-electron chi connectivity index (χ3n) is 2.11. The van der Waals surface area contributed by atoms with E-state index >= 15 is 0 Å². The predicted octanol–water partition coefficient (Wildman–Crippen LogP) is 2.54. The summed E-state index contributed by atoms with van der Waals surface area (Å²) in [7, 11) is 0. The van der Waals surface area contributed by atoms with E-state index in [0.29, 0.717) is 13.1 Å². The Balaban J connectivity index is 2.31. The zero-order valence-corrected chi connectivity index (χ0v) is 11.0. The first-order chi connectivity index (χ1) is 8.19. The van der Waals surface area contributed by atoms with Crippen molar-refractivity contribution in [1.29, 1.82) is 0 Å². The number of nitrogens with one attached hydrogen (secondary N) is 1. The van der Waals surface area contributed by atoms with Gasteiger partial charge in [-0.2, -0.15) is 0 Å². The molecule has 3 N–H and O–H groups in total. The van der Waals surface area contributed by atoms with Crippen molar-refractivity contribution in [1.82, 2.24) is 9.97 Å². The fourth-order valence-corrected chi connectivity index (χ4v) is 2.44. The molecule has 0 atom stereocenters. The summed E-state index contributed by atoms with van der Waals surface area (Å²) in [4.78, 5) is 9.73. The summed E-state index contributed by atoms with van der Waals surface area (Å²) < 4.78 is 0.757. The maximum Gasteiger partial charge on any atom is 0.130 e. The lowest BCUT2D eigenvalue weighted by molar-refractivity contribution is 0.988. The molecule has 0 saturated heterocycles. The van der Waals surface area contributed by atoms with E-state index in [1.807, 2.05) is 25.1 Å². The average molecular weight is 269 g/mol. The Labute approximate surface area is 109 Å². The summed E-state index contributed by atoms with van der Waals surface area (Å²) in [6.45, 7) is 3.14. The Bertz CT molecular complexity index is 512. The summed E-state index contributed by atoms with van der Waals surface area (Å²) in [5.41, 5.74) is 6.33. The van der Waals surface area contributed by atoms with E-state index in [2.05, 4.69) is 15.3 Å². The van der Waals surface area contributed by atoms with Gasteiger partial charge in [0.05, 0.1) is 14.9 Å². The number of hydrogen-bond donors (Lipinski definition) is 2. The van der Waals surface area contributed by atoms with Crippen LogP contribution in [-0.4, -0.2) is 23.1 Å². The van der Waals surface area contributed by atoms with Gasteiger partial charge in [0.2, 0.25) is 0 Å². The lowest BCUT2D eigenvalue weighted by Gasteiger charge is -2.06. The minimum Gasteiger partial charge on any atom is -0.369 e. The molecule has 0 bridgehead atoms. The lowest BCUT2D eigenvalue weighted by atomic mass is 10.3. The maximum atomic E-state index is 5.92. The molecule has 0 radical (unpaired) electrons. The van der Waals surface area contributed by atoms with Gasteiger partial charge in [-0.3, -0.25) is 0 Å². The molecule has 2 aromatic heterocycles. The molecular formula is C11H13ClN4S. The predicted molar refractivity (Wildman–Crippen MR) is 72.6 cm³/mol. The van der Waals surface area contributed by atoms with Crippen LogP contribution in [0.15, 0.2) is 18.2 Å². The number of thiophene rings is 1. The fourth-order valence-electron chi connectivity index (χ4n) is 1.44. The van der Waals surface area contributed by atoms with Gasteiger partial charge in [-0.25, -0.2) is 9.97 Å². The van der Waals surface area contributed by atoms with Crippen molar-refractivity contribution >= 4 is 28.8 Å². The average Bonchev–Trinajstić information content (AvgIpc) is 2.72. The summed E-state index contributed by atoms with van der Waals surface area (Å²) in [6.07, 6.45) is 0. The smallest absolute Gasteiger partial charge is 0.130 e. The van der Waals surface area contributed by atoms with Crippen LogP contribution in [0.1, 0.15) is 5.82 Å². The molecule has 0 spiro atoms. The molecule has 0 aliphatic rings. The first-order valence-corrected chi connectivity index (χ1v) is 6.44. The van der Waals surface area contributed by atoms with Gasteiger partial charge in [-0.1, -0.05) is 11.6 Å². The molecule has 0 aromatic carbocycles. The third kappa shape index (κ3) is 3.15. The molecule has 0 unspecified atom stereocenters. The van der Waals surface area contributed by atoms with E-state index in [1.165, 1.54) is 11.3 Å². The summed E-state index contributed by atoms with van der Waals surface area (Å²) in [5, 5.41) is 3.15. The fraction of sp³-hybridized carbons (Fsp3) is 0.273. The van der Waals surface area contributed by atoms with Crippen molar-refractivity contribution in [3.8, 4) is 10.6 Å². The monoisotopic (exact) mass is 268 g/mol. The molecule has 2 heterocycles. The van der Waals surface area contributed by atoms with Crippen LogP contribution in [0, 0.1) is 6.92 Å². The summed E-state index contributed by atoms with van der Waals surface area (Å²) in [5.74, 6) is 1.52. The standard InChI is InChI=1S/C11H13ClN4S/c1-7-15-8(9-2-3-10(12)17-9)6-11(16-7)14-5-4-13/h2-3,6H,4-5,13H2,1H3,(H,14,15,16). The van der Waals surface area contributed by atoms with Crippen molar-refractivity contribution in [3.63, 3.8) is 0 Å². The second-order valence-corrected chi connectivity index (χ2v) is 5.22. The first kappa shape index (κ1) is 12.3. The molecule has 90 valence electrons. The van der Waals surface area contributed by atoms with Crippen LogP contribution in [0.2, 0.25) is 4.34 Å². The molecule has 0 fully saturated rings. The highest BCUT2D eigenvalue weighted by Gasteiger charge is 2.06. The van der Waals surface area contributed by atoms with Crippen LogP contribution >= 0.6 is 22.9 Å². The van der Waals surface area contributed by atoms with Gasteiger partial charge in [0.1, 0.15) is 11.6 Å². The number of halogens is 1. The molecule has 0 amide bonds. The Kier molecular flexibility index (Phi) is 3.93. The number of hydrogen-bond acceptors (Lipinski definition) is 5. The highest BCUT2D eigenvalue weighted by Crippen LogP contribution is 2.30. The van der Waals surface area contributed by atoms with Crippen LogP contribution in [0.25, 0.3) is 10.6 Å². The van der Waals surface area contributed by atoms with Crippen LogP contribution in [0.5, 0.6) is 0 Å². The van der Waals surface area contributed by atoms with Crippen molar-refractivity contribution in [2.24, 2.45) is 5.73 Å². The van der Waals surface area contributed by atoms with E-state index in [1.54, 1.807) is 0 Å². The van der Waals surface area contributed by atoms with Gasteiger partial charge in [0, 0.05) is 19.2 Å². The number of aryl methyl sites for hydroxylation is 1. The van der Waals surface area contributed by atoms with Gasteiger partial charge in [0.25, 0.3) is 0 Å². The van der Waals surface area contributed by atoms with Crippen molar-refractivity contribution < 1.29 is 0 Å². The van der Waals surface area contributed by atoms with Gasteiger partial charge in [-0.05, 0) is 19.1 Å². The van der Waals surface area contributed by atoms with E-state index in [4.69, 9.17) is 17.3 Å². The third-order valence-corrected chi connectivity index (χ3v) is 3.37. The molecule has 0 aliphatic heterocycles. The van der Waals surface area contributed by atoms with Crippen LogP contribution in [0.3, 0.4) is 0 Å². The molecule has 0 aliphatic carbocycles. The molecule has 6 heteroatoms. The Morgan fingerprint density at radius 3 is 2.88 bits per heavy atom. The minimum absolute atomic E-state index is 0.573. The largest absolute Gasteiger partial charge is 0.369 e. The zero-order chi connectivity index (χ0) is 12.3. The van der Waals surface area contributed by atoms with Gasteiger partial charge >= 0.3 is 0 Å². The minimum atomic E-state index is 0.573. The van der Waals surface area contributed by atoms with Crippen LogP contribution in [0.4, 0.5) is 5.82 Å². The molecule has 17 heavy (non-hydrogen) atoms. The lowest BCUT2D eigenvalue weighted by Crippen LogP contribution is -2.14. The van der Waals surface area contributed by atoms with Crippen molar-refractivity contribution in [2.45, 2.75) is 6.92 Å². The molecule has 2 rings (SSSR count). The highest BCUT2D eigenvalue weighted by atomic mass is 35.5. The van der Waals surface area contributed by atoms with E-state index in [-0.39, 0.29) is 0 Å². The van der Waals surface area contributed by atoms with E-state index in [9.17, 15) is 0 Å². The number of nitrogens with two attached hydrogens (primary N) is 1. The molecule has 0 saturated carbocycles. The summed E-state index contributed by atoms with van der Waals surface area (Å²) >= 11 is 7.42. The van der Waals surface area contributed by atoms with Gasteiger partial charge in [0.15, 0.2) is 0 Å². The van der Waals surface area contributed by atoms with Gasteiger partial charge in [-0.15, -0.1) is 11.3 Å². The number of aromatic nitrogens is 2. The van der Waals surface area contributed by atoms with Gasteiger partial charge < -0.3 is 11.1 Å². The topological polar surface area (TPSA) is 63.8 Å². The SMILES string of the molecule is Cc1nc(NCCN)cc(-c2ccc(Cl)s2)n1. The quantitative estimate of drug-likeness (QED) is 0.894. The van der Waals surface area contributed by atoms with E-state index in [0.717, 1.165) is 26.5 Å². The molecule has 2 aromatic rings. The molecular weight excluding hydrogens is 256 g/mol. The normalized spacial score (nSPS) is 10.5. The van der Waals surface area contributed by atoms with Crippen LogP contribution in [-0.2, 0) is 0 Å². The second-order valence-electron chi connectivity index (χ2n) is 3.50. The Morgan fingerprint density at radius 1 is 1.41 bits per heavy atom. The van der Waals surface area contributed by atoms with Crippen molar-refractivity contribution in [3.05, 3.63) is 28.4 Å². The van der Waals surface area contributed by atoms with Crippen LogP contribution < -0.4 is 11.1 Å². The number of anilines is 1. The summed E-state index contributed by atoms with van der Waals surface area (Å²) in [6, 6.07) is 5.73. The van der Waals surface area contributed by atoms with Crippen molar-refractivity contribution in [2.75, 3.05) is 18.4 Å². The van der Waals surface area contributed by atoms with E-state index < -0.39 is 0 Å². The first-order valence-electron chi connectivity index (χ1n) is 5.24. The number of nitrogens with zero attached hydrogens (tertiary/aromatic N) is 2. The second kappa shape index (κ2) is 5.44. The Morgan fingerprint density at radius 2 is 2.24 bits per heavy atom. The maximum absolute atomic E-state index is 5.92. The Hall–Kier alpha value is -1.17. The zero-order valence-electron chi connectivity index (χ0n) is 9.40.